The van der Waals surface area contributed by atoms with Crippen molar-refractivity contribution in [1.82, 2.24) is 0 Å². The third-order valence-corrected chi connectivity index (χ3v) is 3.84. The van der Waals surface area contributed by atoms with Crippen LogP contribution in [0, 0.1) is 0 Å². The molecule has 4 nitrogen and oxygen atoms in total. The predicted octanol–water partition coefficient (Wildman–Crippen LogP) is 0.660. The lowest BCUT2D eigenvalue weighted by Crippen LogP contribution is -2.31. The van der Waals surface area contributed by atoms with Gasteiger partial charge in [-0.15, -0.1) is 5.16 Å². The first-order valence-electron chi connectivity index (χ1n) is 3.17. The molecule has 0 heterocycles. The number of sulfone groups is 1. The van der Waals surface area contributed by atoms with Crippen LogP contribution in [-0.2, 0) is 9.84 Å². The Morgan fingerprint density at radius 3 is 2.27 bits per heavy atom. The molecule has 0 aromatic rings. The van der Waals surface area contributed by atoms with Gasteiger partial charge in [-0.1, -0.05) is 0 Å². The van der Waals surface area contributed by atoms with Crippen molar-refractivity contribution in [2.45, 2.75) is 25.0 Å². The van der Waals surface area contributed by atoms with Crippen LogP contribution in [0.15, 0.2) is 5.16 Å². The second-order valence-electron chi connectivity index (χ2n) is 3.03. The molecule has 0 bridgehead atoms. The van der Waals surface area contributed by atoms with E-state index in [9.17, 15) is 8.42 Å². The van der Waals surface area contributed by atoms with Gasteiger partial charge < -0.3 is 5.21 Å². The first kappa shape index (κ1) is 10.4. The summed E-state index contributed by atoms with van der Waals surface area (Å²) in [4.78, 5) is 0. The van der Waals surface area contributed by atoms with Crippen molar-refractivity contribution < 1.29 is 13.6 Å². The number of hydrogen-bond donors (Lipinski definition) is 1. The molecule has 0 unspecified atom stereocenters. The lowest BCUT2D eigenvalue weighted by Gasteiger charge is -2.19. The van der Waals surface area contributed by atoms with E-state index in [2.05, 4.69) is 5.16 Å². The van der Waals surface area contributed by atoms with E-state index in [1.807, 2.05) is 0 Å². The monoisotopic (exact) mass is 179 g/mol. The van der Waals surface area contributed by atoms with Crippen molar-refractivity contribution in [1.29, 1.82) is 0 Å². The summed E-state index contributed by atoms with van der Waals surface area (Å²) >= 11 is 0. The van der Waals surface area contributed by atoms with Crippen molar-refractivity contribution in [3.63, 3.8) is 0 Å². The first-order chi connectivity index (χ1) is 4.81. The number of hydrogen-bond acceptors (Lipinski definition) is 4. The van der Waals surface area contributed by atoms with Gasteiger partial charge in [-0.25, -0.2) is 8.42 Å². The smallest absolute Gasteiger partial charge is 0.152 e. The molecular weight excluding hydrogens is 166 g/mol. The Bertz CT molecular complexity index is 241. The SMILES string of the molecule is CC(C)(CC=NO)S(C)(=O)=O. The van der Waals surface area contributed by atoms with Gasteiger partial charge in [0.25, 0.3) is 0 Å². The molecular formula is C6H13NO3S. The van der Waals surface area contributed by atoms with Crippen molar-refractivity contribution in [3.8, 4) is 0 Å². The largest absolute Gasteiger partial charge is 0.411 e. The average Bonchev–Trinajstić information content (AvgIpc) is 1.81. The maximum atomic E-state index is 11.0. The highest BCUT2D eigenvalue weighted by atomic mass is 32.2. The number of nitrogens with zero attached hydrogens (tertiary/aromatic N) is 1. The van der Waals surface area contributed by atoms with Crippen molar-refractivity contribution in [2.75, 3.05) is 6.26 Å². The maximum absolute atomic E-state index is 11.0. The van der Waals surface area contributed by atoms with Crippen molar-refractivity contribution in [2.24, 2.45) is 5.16 Å². The van der Waals surface area contributed by atoms with E-state index in [0.717, 1.165) is 6.26 Å². The second kappa shape index (κ2) is 3.21. The summed E-state index contributed by atoms with van der Waals surface area (Å²) in [5.74, 6) is 0. The van der Waals surface area contributed by atoms with E-state index < -0.39 is 14.6 Å². The van der Waals surface area contributed by atoms with Crippen LogP contribution in [0.1, 0.15) is 20.3 Å². The molecule has 66 valence electrons. The topological polar surface area (TPSA) is 66.7 Å². The molecule has 0 saturated heterocycles. The fourth-order valence-corrected chi connectivity index (χ4v) is 0.789. The summed E-state index contributed by atoms with van der Waals surface area (Å²) in [7, 11) is -3.08. The minimum Gasteiger partial charge on any atom is -0.411 e. The van der Waals surface area contributed by atoms with E-state index in [1.54, 1.807) is 13.8 Å². The summed E-state index contributed by atoms with van der Waals surface area (Å²) in [5.41, 5.74) is 0. The van der Waals surface area contributed by atoms with Crippen LogP contribution < -0.4 is 0 Å². The van der Waals surface area contributed by atoms with Gasteiger partial charge >= 0.3 is 0 Å². The van der Waals surface area contributed by atoms with Crippen LogP contribution >= 0.6 is 0 Å². The Labute approximate surface area is 66.8 Å². The molecule has 0 amide bonds. The van der Waals surface area contributed by atoms with Crippen LogP contribution in [0.4, 0.5) is 0 Å². The Hall–Kier alpha value is -0.580. The van der Waals surface area contributed by atoms with E-state index in [0.29, 0.717) is 0 Å². The highest BCUT2D eigenvalue weighted by Gasteiger charge is 2.28. The Balaban J connectivity index is 4.48. The average molecular weight is 179 g/mol. The number of oxime groups is 1. The zero-order chi connectivity index (χ0) is 9.12. The van der Waals surface area contributed by atoms with Gasteiger partial charge in [0.15, 0.2) is 9.84 Å². The third kappa shape index (κ3) is 2.88. The summed E-state index contributed by atoms with van der Waals surface area (Å²) in [6, 6.07) is 0. The zero-order valence-electron chi connectivity index (χ0n) is 6.90. The predicted molar refractivity (Wildman–Crippen MR) is 43.8 cm³/mol. The summed E-state index contributed by atoms with van der Waals surface area (Å²) in [6.45, 7) is 3.17. The van der Waals surface area contributed by atoms with Gasteiger partial charge in [-0.05, 0) is 13.8 Å². The van der Waals surface area contributed by atoms with Gasteiger partial charge in [0.2, 0.25) is 0 Å². The fourth-order valence-electron chi connectivity index (χ4n) is 0.412. The fraction of sp³-hybridized carbons (Fsp3) is 0.833. The Morgan fingerprint density at radius 2 is 2.00 bits per heavy atom. The Kier molecular flexibility index (Phi) is 3.04. The molecule has 0 atom stereocenters. The second-order valence-corrected chi connectivity index (χ2v) is 5.68. The molecule has 0 saturated carbocycles. The molecule has 0 aliphatic heterocycles. The molecule has 5 heteroatoms. The molecule has 0 aromatic carbocycles. The van der Waals surface area contributed by atoms with E-state index in [1.165, 1.54) is 6.21 Å². The quantitative estimate of drug-likeness (QED) is 0.393. The third-order valence-electron chi connectivity index (χ3n) is 1.67. The standard InChI is InChI=1S/C6H13NO3S/c1-6(2,4-5-7-8)11(3,9)10/h5,8H,4H2,1-3H3. The molecule has 0 spiro atoms. The summed E-state index contributed by atoms with van der Waals surface area (Å²) < 4.78 is 21.2. The number of rotatable bonds is 3. The highest BCUT2D eigenvalue weighted by molar-refractivity contribution is 7.92. The van der Waals surface area contributed by atoms with E-state index >= 15 is 0 Å². The van der Waals surface area contributed by atoms with Gasteiger partial charge in [-0.3, -0.25) is 0 Å². The minimum absolute atomic E-state index is 0.225. The lowest BCUT2D eigenvalue weighted by molar-refractivity contribution is 0.320. The van der Waals surface area contributed by atoms with Crippen LogP contribution in [0.5, 0.6) is 0 Å². The van der Waals surface area contributed by atoms with Crippen LogP contribution in [0.3, 0.4) is 0 Å². The molecule has 0 aromatic heterocycles. The van der Waals surface area contributed by atoms with Gasteiger partial charge in [0, 0.05) is 18.9 Å². The van der Waals surface area contributed by atoms with Crippen molar-refractivity contribution in [3.05, 3.63) is 0 Å². The van der Waals surface area contributed by atoms with E-state index in [4.69, 9.17) is 5.21 Å². The molecule has 0 aliphatic rings. The normalized spacial score (nSPS) is 14.1. The van der Waals surface area contributed by atoms with Gasteiger partial charge in [0.05, 0.1) is 4.75 Å². The van der Waals surface area contributed by atoms with Crippen LogP contribution in [-0.4, -0.2) is 30.8 Å². The molecule has 1 N–H and O–H groups in total. The minimum atomic E-state index is -3.08. The first-order valence-corrected chi connectivity index (χ1v) is 5.06. The lowest BCUT2D eigenvalue weighted by atomic mass is 10.1. The maximum Gasteiger partial charge on any atom is 0.152 e. The summed E-state index contributed by atoms with van der Waals surface area (Å²) in [6.07, 6.45) is 2.57. The van der Waals surface area contributed by atoms with E-state index in [-0.39, 0.29) is 6.42 Å². The highest BCUT2D eigenvalue weighted by Crippen LogP contribution is 2.17. The summed E-state index contributed by atoms with van der Waals surface area (Å²) in [5, 5.41) is 10.8. The van der Waals surface area contributed by atoms with Gasteiger partial charge in [-0.2, -0.15) is 0 Å². The molecule has 11 heavy (non-hydrogen) atoms. The van der Waals surface area contributed by atoms with Crippen molar-refractivity contribution >= 4 is 16.1 Å². The molecule has 0 rings (SSSR count). The molecule has 0 radical (unpaired) electrons. The molecule has 0 aliphatic carbocycles. The Morgan fingerprint density at radius 1 is 1.55 bits per heavy atom. The van der Waals surface area contributed by atoms with Gasteiger partial charge in [0.1, 0.15) is 0 Å². The molecule has 0 fully saturated rings. The zero-order valence-corrected chi connectivity index (χ0v) is 7.72. The van der Waals surface area contributed by atoms with Crippen LogP contribution in [0.2, 0.25) is 0 Å². The van der Waals surface area contributed by atoms with Crippen LogP contribution in [0.25, 0.3) is 0 Å².